The van der Waals surface area contributed by atoms with Crippen molar-refractivity contribution < 1.29 is 4.79 Å². The number of hydrogen-bond acceptors (Lipinski definition) is 2. The minimum absolute atomic E-state index is 0.200. The van der Waals surface area contributed by atoms with Gasteiger partial charge in [-0.25, -0.2) is 0 Å². The Hall–Kier alpha value is -1.47. The summed E-state index contributed by atoms with van der Waals surface area (Å²) in [5.41, 5.74) is 6.72. The SMILES string of the molecule is C#CC(CCC)NC(=O)c1cc(N)cc(Br)c1. The Bertz CT molecular complexity index is 431. The van der Waals surface area contributed by atoms with Crippen LogP contribution in [-0.4, -0.2) is 11.9 Å². The molecule has 17 heavy (non-hydrogen) atoms. The molecular formula is C13H15BrN2O. The number of nitrogens with one attached hydrogen (secondary N) is 1. The number of terminal acetylenes is 1. The summed E-state index contributed by atoms with van der Waals surface area (Å²) in [6.07, 6.45) is 7.04. The van der Waals surface area contributed by atoms with Crippen molar-refractivity contribution in [1.82, 2.24) is 5.32 Å². The lowest BCUT2D eigenvalue weighted by Gasteiger charge is -2.12. The number of rotatable bonds is 4. The molecule has 0 aliphatic rings. The highest BCUT2D eigenvalue weighted by molar-refractivity contribution is 9.10. The van der Waals surface area contributed by atoms with Crippen LogP contribution in [0.25, 0.3) is 0 Å². The minimum Gasteiger partial charge on any atom is -0.399 e. The fourth-order valence-corrected chi connectivity index (χ4v) is 1.98. The molecule has 1 amide bonds. The minimum atomic E-state index is -0.229. The average molecular weight is 295 g/mol. The first-order valence-corrected chi connectivity index (χ1v) is 6.19. The van der Waals surface area contributed by atoms with E-state index in [2.05, 4.69) is 27.2 Å². The predicted octanol–water partition coefficient (Wildman–Crippen LogP) is 2.56. The molecule has 1 rings (SSSR count). The largest absolute Gasteiger partial charge is 0.399 e. The number of nitrogens with two attached hydrogens (primary N) is 1. The number of hydrogen-bond donors (Lipinski definition) is 2. The normalized spacial score (nSPS) is 11.6. The first-order valence-electron chi connectivity index (χ1n) is 5.40. The number of nitrogen functional groups attached to an aromatic ring is 1. The highest BCUT2D eigenvalue weighted by Crippen LogP contribution is 2.17. The van der Waals surface area contributed by atoms with Crippen molar-refractivity contribution in [3.05, 3.63) is 28.2 Å². The van der Waals surface area contributed by atoms with Gasteiger partial charge in [-0.15, -0.1) is 6.42 Å². The molecule has 0 bridgehead atoms. The lowest BCUT2D eigenvalue weighted by molar-refractivity contribution is 0.0944. The second kappa shape index (κ2) is 6.31. The Morgan fingerprint density at radius 3 is 2.82 bits per heavy atom. The monoisotopic (exact) mass is 294 g/mol. The summed E-state index contributed by atoms with van der Waals surface area (Å²) in [7, 11) is 0. The van der Waals surface area contributed by atoms with Crippen LogP contribution in [0.4, 0.5) is 5.69 Å². The third-order valence-electron chi connectivity index (χ3n) is 2.27. The molecule has 3 N–H and O–H groups in total. The zero-order valence-electron chi connectivity index (χ0n) is 9.66. The summed E-state index contributed by atoms with van der Waals surface area (Å²) in [5.74, 6) is 2.36. The smallest absolute Gasteiger partial charge is 0.252 e. The van der Waals surface area contributed by atoms with E-state index < -0.39 is 0 Å². The van der Waals surface area contributed by atoms with Gasteiger partial charge in [0.25, 0.3) is 5.91 Å². The van der Waals surface area contributed by atoms with Crippen molar-refractivity contribution in [1.29, 1.82) is 0 Å². The van der Waals surface area contributed by atoms with Crippen molar-refractivity contribution in [2.45, 2.75) is 25.8 Å². The van der Waals surface area contributed by atoms with E-state index in [1.807, 2.05) is 6.92 Å². The quantitative estimate of drug-likeness (QED) is 0.662. The lowest BCUT2D eigenvalue weighted by Crippen LogP contribution is -2.33. The van der Waals surface area contributed by atoms with Crippen LogP contribution in [-0.2, 0) is 0 Å². The van der Waals surface area contributed by atoms with Crippen LogP contribution in [0.2, 0.25) is 0 Å². The Morgan fingerprint density at radius 2 is 2.29 bits per heavy atom. The average Bonchev–Trinajstić information content (AvgIpc) is 2.27. The molecule has 0 fully saturated rings. The van der Waals surface area contributed by atoms with Gasteiger partial charge in [0.15, 0.2) is 0 Å². The molecule has 0 aliphatic heterocycles. The molecule has 90 valence electrons. The third-order valence-corrected chi connectivity index (χ3v) is 2.72. The van der Waals surface area contributed by atoms with E-state index in [4.69, 9.17) is 12.2 Å². The maximum absolute atomic E-state index is 11.9. The zero-order valence-corrected chi connectivity index (χ0v) is 11.3. The van der Waals surface area contributed by atoms with Crippen LogP contribution < -0.4 is 11.1 Å². The Kier molecular flexibility index (Phi) is 5.05. The van der Waals surface area contributed by atoms with Crippen LogP contribution >= 0.6 is 15.9 Å². The highest BCUT2D eigenvalue weighted by atomic mass is 79.9. The summed E-state index contributed by atoms with van der Waals surface area (Å²) in [6.45, 7) is 2.02. The van der Waals surface area contributed by atoms with E-state index in [1.54, 1.807) is 18.2 Å². The standard InChI is InChI=1S/C13H15BrN2O/c1-3-5-12(4-2)16-13(17)9-6-10(14)8-11(15)7-9/h2,6-8,12H,3,5,15H2,1H3,(H,16,17). The molecule has 0 spiro atoms. The number of carbonyl (C=O) groups excluding carboxylic acids is 1. The molecule has 1 atom stereocenters. The van der Waals surface area contributed by atoms with Gasteiger partial charge in [0, 0.05) is 15.7 Å². The number of amides is 1. The van der Waals surface area contributed by atoms with E-state index in [-0.39, 0.29) is 11.9 Å². The maximum Gasteiger partial charge on any atom is 0.252 e. The summed E-state index contributed by atoms with van der Waals surface area (Å²) in [4.78, 5) is 11.9. The summed E-state index contributed by atoms with van der Waals surface area (Å²) >= 11 is 3.29. The van der Waals surface area contributed by atoms with Crippen LogP contribution in [0.1, 0.15) is 30.1 Å². The van der Waals surface area contributed by atoms with E-state index in [1.165, 1.54) is 0 Å². The number of halogens is 1. The molecule has 0 aliphatic carbocycles. The van der Waals surface area contributed by atoms with Gasteiger partial charge < -0.3 is 11.1 Å². The topological polar surface area (TPSA) is 55.1 Å². The van der Waals surface area contributed by atoms with Crippen molar-refractivity contribution in [2.75, 3.05) is 5.73 Å². The van der Waals surface area contributed by atoms with Crippen LogP contribution in [0.15, 0.2) is 22.7 Å². The summed E-state index contributed by atoms with van der Waals surface area (Å²) < 4.78 is 0.774. The van der Waals surface area contributed by atoms with Crippen molar-refractivity contribution in [3.8, 4) is 12.3 Å². The molecule has 3 nitrogen and oxygen atoms in total. The van der Waals surface area contributed by atoms with Crippen LogP contribution in [0.5, 0.6) is 0 Å². The van der Waals surface area contributed by atoms with E-state index in [9.17, 15) is 4.79 Å². The van der Waals surface area contributed by atoms with Crippen LogP contribution in [0.3, 0.4) is 0 Å². The predicted molar refractivity (Wildman–Crippen MR) is 73.5 cm³/mol. The molecule has 1 unspecified atom stereocenters. The molecule has 0 aromatic heterocycles. The Labute approximate surface area is 110 Å². The van der Waals surface area contributed by atoms with Gasteiger partial charge in [-0.1, -0.05) is 35.2 Å². The number of carbonyl (C=O) groups is 1. The van der Waals surface area contributed by atoms with Crippen molar-refractivity contribution in [2.24, 2.45) is 0 Å². The van der Waals surface area contributed by atoms with E-state index in [0.29, 0.717) is 11.3 Å². The lowest BCUT2D eigenvalue weighted by atomic mass is 10.1. The first-order chi connectivity index (χ1) is 8.06. The van der Waals surface area contributed by atoms with Gasteiger partial charge in [-0.2, -0.15) is 0 Å². The highest BCUT2D eigenvalue weighted by Gasteiger charge is 2.11. The maximum atomic E-state index is 11.9. The van der Waals surface area contributed by atoms with Gasteiger partial charge in [0.05, 0.1) is 6.04 Å². The van der Waals surface area contributed by atoms with E-state index >= 15 is 0 Å². The van der Waals surface area contributed by atoms with Gasteiger partial charge >= 0.3 is 0 Å². The summed E-state index contributed by atoms with van der Waals surface area (Å²) in [6, 6.07) is 4.85. The molecule has 0 saturated carbocycles. The summed E-state index contributed by atoms with van der Waals surface area (Å²) in [5, 5.41) is 2.79. The van der Waals surface area contributed by atoms with Gasteiger partial charge in [0.2, 0.25) is 0 Å². The van der Waals surface area contributed by atoms with E-state index in [0.717, 1.165) is 17.3 Å². The van der Waals surface area contributed by atoms with Gasteiger partial charge in [0.1, 0.15) is 0 Å². The molecule has 0 radical (unpaired) electrons. The fourth-order valence-electron chi connectivity index (χ4n) is 1.47. The number of anilines is 1. The fraction of sp³-hybridized carbons (Fsp3) is 0.308. The van der Waals surface area contributed by atoms with Crippen LogP contribution in [0, 0.1) is 12.3 Å². The molecule has 1 aromatic rings. The van der Waals surface area contributed by atoms with Gasteiger partial charge in [-0.3, -0.25) is 4.79 Å². The zero-order chi connectivity index (χ0) is 12.8. The molecule has 0 heterocycles. The Morgan fingerprint density at radius 1 is 1.59 bits per heavy atom. The second-order valence-electron chi connectivity index (χ2n) is 3.75. The molecular weight excluding hydrogens is 280 g/mol. The first kappa shape index (κ1) is 13.6. The van der Waals surface area contributed by atoms with Gasteiger partial charge in [-0.05, 0) is 24.6 Å². The number of benzene rings is 1. The molecule has 0 saturated heterocycles. The third kappa shape index (κ3) is 4.12. The van der Waals surface area contributed by atoms with Crippen molar-refractivity contribution >= 4 is 27.5 Å². The molecule has 4 heteroatoms. The van der Waals surface area contributed by atoms with Crippen molar-refractivity contribution in [3.63, 3.8) is 0 Å². The molecule has 1 aromatic carbocycles. The Balaban J connectivity index is 2.79. The second-order valence-corrected chi connectivity index (χ2v) is 4.67.